The van der Waals surface area contributed by atoms with Crippen LogP contribution in [0.1, 0.15) is 12.0 Å². The van der Waals surface area contributed by atoms with E-state index in [2.05, 4.69) is 31.7 Å². The summed E-state index contributed by atoms with van der Waals surface area (Å²) >= 11 is 14.7. The van der Waals surface area contributed by atoms with E-state index in [9.17, 15) is 0 Å². The van der Waals surface area contributed by atoms with Gasteiger partial charge in [-0.15, -0.1) is 0 Å². The maximum atomic E-state index is 6.13. The van der Waals surface area contributed by atoms with Gasteiger partial charge >= 0.3 is 0 Å². The number of hydrogen-bond acceptors (Lipinski definition) is 2. The summed E-state index contributed by atoms with van der Waals surface area (Å²) in [6.07, 6.45) is 4.82. The van der Waals surface area contributed by atoms with Crippen molar-refractivity contribution in [1.29, 1.82) is 0 Å². The Morgan fingerprint density at radius 2 is 2.29 bits per heavy atom. The third-order valence-corrected chi connectivity index (χ3v) is 3.84. The molecule has 0 saturated heterocycles. The molecule has 2 rings (SSSR count). The molecule has 7 heteroatoms. The van der Waals surface area contributed by atoms with E-state index in [4.69, 9.17) is 23.8 Å². The first-order chi connectivity index (χ1) is 10.0. The molecule has 2 aromatic rings. The molecule has 0 bridgehead atoms. The van der Waals surface area contributed by atoms with Crippen LogP contribution in [0.5, 0.6) is 0 Å². The molecule has 1 aromatic carbocycles. The molecule has 4 nitrogen and oxygen atoms in total. The van der Waals surface area contributed by atoms with E-state index in [1.165, 1.54) is 5.56 Å². The van der Waals surface area contributed by atoms with Gasteiger partial charge in [0.05, 0.1) is 16.9 Å². The summed E-state index contributed by atoms with van der Waals surface area (Å²) in [6, 6.07) is 5.62. The van der Waals surface area contributed by atoms with Gasteiger partial charge in [0.25, 0.3) is 0 Å². The Kier molecular flexibility index (Phi) is 6.02. The molecule has 0 aliphatic carbocycles. The minimum atomic E-state index is 0.566. The molecule has 1 heterocycles. The highest BCUT2D eigenvalue weighted by Gasteiger charge is 2.03. The lowest BCUT2D eigenvalue weighted by Crippen LogP contribution is -2.29. The molecule has 0 aliphatic heterocycles. The van der Waals surface area contributed by atoms with E-state index in [1.807, 2.05) is 42.2 Å². The van der Waals surface area contributed by atoms with E-state index in [0.717, 1.165) is 29.7 Å². The molecule has 0 unspecified atom stereocenters. The predicted molar refractivity (Wildman–Crippen MR) is 95.0 cm³/mol. The van der Waals surface area contributed by atoms with E-state index >= 15 is 0 Å². The summed E-state index contributed by atoms with van der Waals surface area (Å²) in [6.45, 7) is 3.67. The summed E-state index contributed by atoms with van der Waals surface area (Å²) in [5.74, 6) is 0. The molecule has 0 saturated carbocycles. The number of thiocarbonyl (C=S) groups is 1. The molecular weight excluding hydrogens is 372 g/mol. The number of nitrogens with one attached hydrogen (secondary N) is 2. The van der Waals surface area contributed by atoms with Gasteiger partial charge in [0.2, 0.25) is 0 Å². The second kappa shape index (κ2) is 7.77. The Morgan fingerprint density at radius 1 is 1.48 bits per heavy atom. The van der Waals surface area contributed by atoms with Crippen molar-refractivity contribution >= 4 is 50.5 Å². The minimum Gasteiger partial charge on any atom is -0.362 e. The summed E-state index contributed by atoms with van der Waals surface area (Å²) < 4.78 is 2.87. The van der Waals surface area contributed by atoms with Crippen LogP contribution in [-0.2, 0) is 6.54 Å². The van der Waals surface area contributed by atoms with Gasteiger partial charge in [-0.3, -0.25) is 4.68 Å². The van der Waals surface area contributed by atoms with Crippen LogP contribution in [0.15, 0.2) is 35.1 Å². The summed E-state index contributed by atoms with van der Waals surface area (Å²) in [5.41, 5.74) is 1.96. The van der Waals surface area contributed by atoms with Gasteiger partial charge in [-0.2, -0.15) is 5.10 Å². The SMILES string of the molecule is Cc1cnn(CCCNC(=S)Nc2ccc(Br)cc2Cl)c1. The third-order valence-electron chi connectivity index (χ3n) is 2.79. The molecule has 0 radical (unpaired) electrons. The van der Waals surface area contributed by atoms with Crippen LogP contribution in [0.25, 0.3) is 0 Å². The average Bonchev–Trinajstić information content (AvgIpc) is 2.84. The Bertz CT molecular complexity index is 629. The topological polar surface area (TPSA) is 41.9 Å². The molecule has 0 fully saturated rings. The quantitative estimate of drug-likeness (QED) is 0.601. The number of hydrogen-bond donors (Lipinski definition) is 2. The second-order valence-corrected chi connectivity index (χ2v) is 6.37. The van der Waals surface area contributed by atoms with Gasteiger partial charge in [-0.05, 0) is 49.3 Å². The van der Waals surface area contributed by atoms with Crippen molar-refractivity contribution in [1.82, 2.24) is 15.1 Å². The number of nitrogens with zero attached hydrogens (tertiary/aromatic N) is 2. The standard InChI is InChI=1S/C14H16BrClN4S/c1-10-8-18-20(9-10)6-2-5-17-14(21)19-13-4-3-11(15)7-12(13)16/h3-4,7-9H,2,5-6H2,1H3,(H2,17,19,21). The lowest BCUT2D eigenvalue weighted by atomic mass is 10.3. The predicted octanol–water partition coefficient (Wildman–Crippen LogP) is 3.98. The summed E-state index contributed by atoms with van der Waals surface area (Å²) in [5, 5.41) is 11.7. The maximum absolute atomic E-state index is 6.13. The van der Waals surface area contributed by atoms with Gasteiger partial charge in [0.15, 0.2) is 5.11 Å². The molecule has 0 spiro atoms. The van der Waals surface area contributed by atoms with Crippen LogP contribution in [0.2, 0.25) is 5.02 Å². The van der Waals surface area contributed by atoms with Gasteiger partial charge in [0, 0.05) is 23.8 Å². The second-order valence-electron chi connectivity index (χ2n) is 4.64. The van der Waals surface area contributed by atoms with E-state index < -0.39 is 0 Å². The zero-order valence-corrected chi connectivity index (χ0v) is 14.7. The van der Waals surface area contributed by atoms with E-state index in [-0.39, 0.29) is 0 Å². The van der Waals surface area contributed by atoms with Gasteiger partial charge in [-0.1, -0.05) is 27.5 Å². The fourth-order valence-electron chi connectivity index (χ4n) is 1.79. The first-order valence-electron chi connectivity index (χ1n) is 6.53. The van der Waals surface area contributed by atoms with Crippen molar-refractivity contribution < 1.29 is 0 Å². The molecule has 1 aromatic heterocycles. The zero-order valence-electron chi connectivity index (χ0n) is 11.6. The lowest BCUT2D eigenvalue weighted by molar-refractivity contribution is 0.573. The monoisotopic (exact) mass is 386 g/mol. The van der Waals surface area contributed by atoms with Crippen molar-refractivity contribution in [3.63, 3.8) is 0 Å². The molecule has 0 amide bonds. The number of benzene rings is 1. The number of anilines is 1. The molecule has 21 heavy (non-hydrogen) atoms. The minimum absolute atomic E-state index is 0.566. The van der Waals surface area contributed by atoms with Crippen LogP contribution in [0.4, 0.5) is 5.69 Å². The van der Waals surface area contributed by atoms with Gasteiger partial charge in [-0.25, -0.2) is 0 Å². The van der Waals surface area contributed by atoms with Crippen LogP contribution < -0.4 is 10.6 Å². The Labute approximate surface area is 143 Å². The summed E-state index contributed by atoms with van der Waals surface area (Å²) in [7, 11) is 0. The van der Waals surface area contributed by atoms with Crippen molar-refractivity contribution in [3.8, 4) is 0 Å². The number of aromatic nitrogens is 2. The molecule has 0 aliphatic rings. The van der Waals surface area contributed by atoms with Crippen molar-refractivity contribution in [2.24, 2.45) is 0 Å². The molecule has 112 valence electrons. The maximum Gasteiger partial charge on any atom is 0.170 e. The van der Waals surface area contributed by atoms with Crippen molar-refractivity contribution in [2.45, 2.75) is 19.9 Å². The largest absolute Gasteiger partial charge is 0.362 e. The zero-order chi connectivity index (χ0) is 15.2. The normalized spacial score (nSPS) is 10.4. The number of rotatable bonds is 5. The van der Waals surface area contributed by atoms with Crippen LogP contribution >= 0.6 is 39.7 Å². The smallest absolute Gasteiger partial charge is 0.170 e. The number of aryl methyl sites for hydroxylation is 2. The average molecular weight is 388 g/mol. The number of halogens is 2. The van der Waals surface area contributed by atoms with Crippen molar-refractivity contribution in [2.75, 3.05) is 11.9 Å². The summed E-state index contributed by atoms with van der Waals surface area (Å²) in [4.78, 5) is 0. The van der Waals surface area contributed by atoms with Gasteiger partial charge in [0.1, 0.15) is 0 Å². The van der Waals surface area contributed by atoms with Crippen LogP contribution in [-0.4, -0.2) is 21.4 Å². The highest BCUT2D eigenvalue weighted by atomic mass is 79.9. The highest BCUT2D eigenvalue weighted by molar-refractivity contribution is 9.10. The lowest BCUT2D eigenvalue weighted by Gasteiger charge is -2.12. The third kappa shape index (κ3) is 5.30. The molecular formula is C14H16BrClN4S. The van der Waals surface area contributed by atoms with Gasteiger partial charge < -0.3 is 10.6 Å². The van der Waals surface area contributed by atoms with Crippen molar-refractivity contribution in [3.05, 3.63) is 45.7 Å². The Hall–Kier alpha value is -1.11. The van der Waals surface area contributed by atoms with Crippen LogP contribution in [0.3, 0.4) is 0 Å². The van der Waals surface area contributed by atoms with E-state index in [1.54, 1.807) is 0 Å². The molecule has 2 N–H and O–H groups in total. The van der Waals surface area contributed by atoms with Crippen LogP contribution in [0, 0.1) is 6.92 Å². The fraction of sp³-hybridized carbons (Fsp3) is 0.286. The Balaban J connectivity index is 1.72. The first kappa shape index (κ1) is 16.3. The fourth-order valence-corrected chi connectivity index (χ4v) is 2.72. The highest BCUT2D eigenvalue weighted by Crippen LogP contribution is 2.25. The molecule has 0 atom stereocenters. The Morgan fingerprint density at radius 3 is 2.95 bits per heavy atom. The first-order valence-corrected chi connectivity index (χ1v) is 8.11. The van der Waals surface area contributed by atoms with E-state index in [0.29, 0.717) is 10.1 Å².